The van der Waals surface area contributed by atoms with Crippen molar-refractivity contribution in [2.75, 3.05) is 0 Å². The predicted octanol–water partition coefficient (Wildman–Crippen LogP) is 3.51. The number of hydrogen-bond acceptors (Lipinski definition) is 2. The Morgan fingerprint density at radius 3 is 2.67 bits per heavy atom. The van der Waals surface area contributed by atoms with Gasteiger partial charge in [0.1, 0.15) is 0 Å². The van der Waals surface area contributed by atoms with Crippen molar-refractivity contribution in [1.29, 1.82) is 0 Å². The summed E-state index contributed by atoms with van der Waals surface area (Å²) in [6, 6.07) is 13.4. The summed E-state index contributed by atoms with van der Waals surface area (Å²) >= 11 is 1.61. The minimum absolute atomic E-state index is 0.423. The number of thioether (sulfide) groups is 1. The van der Waals surface area contributed by atoms with E-state index in [1.807, 2.05) is 24.3 Å². The van der Waals surface area contributed by atoms with Crippen molar-refractivity contribution in [3.05, 3.63) is 60.2 Å². The van der Waals surface area contributed by atoms with Gasteiger partial charge in [0.25, 0.3) is 0 Å². The Labute approximate surface area is 92.4 Å². The second-order valence-corrected chi connectivity index (χ2v) is 4.14. The molecule has 0 spiro atoms. The van der Waals surface area contributed by atoms with Crippen molar-refractivity contribution in [3.63, 3.8) is 0 Å². The Bertz CT molecular complexity index is 431. The molecule has 1 aromatic heterocycles. The molecule has 0 radical (unpaired) electrons. The number of benzene rings is 1. The quantitative estimate of drug-likeness (QED) is 0.578. The van der Waals surface area contributed by atoms with Gasteiger partial charge < -0.3 is 0 Å². The van der Waals surface area contributed by atoms with Crippen molar-refractivity contribution in [1.82, 2.24) is 4.98 Å². The van der Waals surface area contributed by atoms with Crippen LogP contribution in [0, 0.1) is 5.95 Å². The summed E-state index contributed by atoms with van der Waals surface area (Å²) in [5.74, 6) is 0.428. The van der Waals surface area contributed by atoms with Gasteiger partial charge in [0, 0.05) is 22.9 Å². The second-order valence-electron chi connectivity index (χ2n) is 3.09. The van der Waals surface area contributed by atoms with Crippen LogP contribution >= 0.6 is 11.8 Å². The molecule has 0 aliphatic rings. The number of aromatic nitrogens is 1. The maximum absolute atomic E-state index is 12.8. The first kappa shape index (κ1) is 10.2. The average Bonchev–Trinajstić information content (AvgIpc) is 2.28. The molecule has 0 aliphatic heterocycles. The van der Waals surface area contributed by atoms with Crippen LogP contribution in [0.1, 0.15) is 5.56 Å². The summed E-state index contributed by atoms with van der Waals surface area (Å²) in [5.41, 5.74) is 1.24. The van der Waals surface area contributed by atoms with E-state index in [1.54, 1.807) is 11.8 Å². The van der Waals surface area contributed by atoms with Crippen LogP contribution in [0.2, 0.25) is 0 Å². The molecule has 1 nitrogen and oxygen atoms in total. The second kappa shape index (κ2) is 4.94. The van der Waals surface area contributed by atoms with Gasteiger partial charge in [-0.15, -0.1) is 11.8 Å². The third-order valence-electron chi connectivity index (χ3n) is 1.95. The van der Waals surface area contributed by atoms with Gasteiger partial charge in [-0.25, -0.2) is 4.98 Å². The lowest BCUT2D eigenvalue weighted by Gasteiger charge is -2.01. The first-order valence-electron chi connectivity index (χ1n) is 4.63. The van der Waals surface area contributed by atoms with Crippen molar-refractivity contribution >= 4 is 11.8 Å². The highest BCUT2D eigenvalue weighted by Crippen LogP contribution is 2.22. The van der Waals surface area contributed by atoms with Gasteiger partial charge in [-0.1, -0.05) is 30.3 Å². The molecule has 0 atom stereocenters. The average molecular weight is 219 g/mol. The van der Waals surface area contributed by atoms with Crippen LogP contribution in [0.3, 0.4) is 0 Å². The van der Waals surface area contributed by atoms with Gasteiger partial charge in [-0.2, -0.15) is 4.39 Å². The fourth-order valence-electron chi connectivity index (χ4n) is 1.22. The first-order chi connectivity index (χ1) is 7.34. The molecule has 2 rings (SSSR count). The van der Waals surface area contributed by atoms with E-state index >= 15 is 0 Å². The zero-order valence-electron chi connectivity index (χ0n) is 8.06. The molecule has 0 fully saturated rings. The third kappa shape index (κ3) is 3.06. The Morgan fingerprint density at radius 1 is 1.13 bits per heavy atom. The van der Waals surface area contributed by atoms with E-state index in [2.05, 4.69) is 17.1 Å². The largest absolute Gasteiger partial charge is 0.228 e. The fourth-order valence-corrected chi connectivity index (χ4v) is 2.08. The number of halogens is 1. The molecule has 0 amide bonds. The third-order valence-corrected chi connectivity index (χ3v) is 3.01. The highest BCUT2D eigenvalue weighted by molar-refractivity contribution is 7.98. The lowest BCUT2D eigenvalue weighted by molar-refractivity contribution is 0.579. The molecular weight excluding hydrogens is 209 g/mol. The number of hydrogen-bond donors (Lipinski definition) is 0. The van der Waals surface area contributed by atoms with Crippen LogP contribution in [0.15, 0.2) is 53.6 Å². The van der Waals surface area contributed by atoms with Gasteiger partial charge in [0.2, 0.25) is 5.95 Å². The van der Waals surface area contributed by atoms with E-state index in [1.165, 1.54) is 17.8 Å². The Hall–Kier alpha value is -1.35. The molecule has 15 heavy (non-hydrogen) atoms. The van der Waals surface area contributed by atoms with E-state index in [-0.39, 0.29) is 0 Å². The molecule has 76 valence electrons. The summed E-state index contributed by atoms with van der Waals surface area (Å²) in [7, 11) is 0. The molecule has 1 heterocycles. The normalized spacial score (nSPS) is 10.2. The molecule has 0 saturated heterocycles. The van der Waals surface area contributed by atoms with Crippen molar-refractivity contribution in [2.24, 2.45) is 0 Å². The summed E-state index contributed by atoms with van der Waals surface area (Å²) in [5, 5.41) is 0. The molecule has 0 unspecified atom stereocenters. The summed E-state index contributed by atoms with van der Waals surface area (Å²) in [6.45, 7) is 0. The predicted molar refractivity (Wildman–Crippen MR) is 60.2 cm³/mol. The maximum atomic E-state index is 12.8. The Balaban J connectivity index is 1.99. The molecule has 2 aromatic rings. The highest BCUT2D eigenvalue weighted by Gasteiger charge is 1.97. The summed E-state index contributed by atoms with van der Waals surface area (Å²) in [6.07, 6.45) is 1.49. The van der Waals surface area contributed by atoms with Crippen LogP contribution < -0.4 is 0 Å². The van der Waals surface area contributed by atoms with E-state index in [9.17, 15) is 4.39 Å². The summed E-state index contributed by atoms with van der Waals surface area (Å²) in [4.78, 5) is 4.42. The molecule has 0 bridgehead atoms. The van der Waals surface area contributed by atoms with Crippen molar-refractivity contribution < 1.29 is 4.39 Å². The Kier molecular flexibility index (Phi) is 3.35. The zero-order chi connectivity index (χ0) is 10.5. The maximum Gasteiger partial charge on any atom is 0.213 e. The van der Waals surface area contributed by atoms with Crippen LogP contribution in [0.5, 0.6) is 0 Å². The SMILES string of the molecule is Fc1cc(SCc2ccccc2)ccn1. The number of nitrogens with zero attached hydrogens (tertiary/aromatic N) is 1. The smallest absolute Gasteiger partial charge is 0.213 e. The minimum atomic E-state index is -0.423. The van der Waals surface area contributed by atoms with Gasteiger partial charge in [-0.3, -0.25) is 0 Å². The minimum Gasteiger partial charge on any atom is -0.228 e. The lowest BCUT2D eigenvalue weighted by atomic mass is 10.2. The molecular formula is C12H10FNS. The Morgan fingerprint density at radius 2 is 1.93 bits per heavy atom. The zero-order valence-corrected chi connectivity index (χ0v) is 8.88. The van der Waals surface area contributed by atoms with Crippen LogP contribution in [0.4, 0.5) is 4.39 Å². The van der Waals surface area contributed by atoms with E-state index < -0.39 is 5.95 Å². The van der Waals surface area contributed by atoms with Crippen LogP contribution in [-0.2, 0) is 5.75 Å². The van der Waals surface area contributed by atoms with Gasteiger partial charge >= 0.3 is 0 Å². The highest BCUT2D eigenvalue weighted by atomic mass is 32.2. The molecule has 0 saturated carbocycles. The number of pyridine rings is 1. The van der Waals surface area contributed by atoms with Gasteiger partial charge in [0.15, 0.2) is 0 Å². The van der Waals surface area contributed by atoms with Crippen LogP contribution in [-0.4, -0.2) is 4.98 Å². The summed E-state index contributed by atoms with van der Waals surface area (Å²) < 4.78 is 12.8. The monoisotopic (exact) mass is 219 g/mol. The van der Waals surface area contributed by atoms with Gasteiger partial charge in [-0.05, 0) is 11.6 Å². The van der Waals surface area contributed by atoms with E-state index in [0.717, 1.165) is 10.6 Å². The van der Waals surface area contributed by atoms with Crippen molar-refractivity contribution in [3.8, 4) is 0 Å². The molecule has 0 aliphatic carbocycles. The molecule has 3 heteroatoms. The molecule has 0 N–H and O–H groups in total. The van der Waals surface area contributed by atoms with Crippen LogP contribution in [0.25, 0.3) is 0 Å². The number of rotatable bonds is 3. The first-order valence-corrected chi connectivity index (χ1v) is 5.61. The standard InChI is InChI=1S/C12H10FNS/c13-12-8-11(6-7-14-12)15-9-10-4-2-1-3-5-10/h1-8H,9H2. The van der Waals surface area contributed by atoms with Crippen molar-refractivity contribution in [2.45, 2.75) is 10.6 Å². The van der Waals surface area contributed by atoms with E-state index in [4.69, 9.17) is 0 Å². The fraction of sp³-hybridized carbons (Fsp3) is 0.0833. The lowest BCUT2D eigenvalue weighted by Crippen LogP contribution is -1.83. The van der Waals surface area contributed by atoms with E-state index in [0.29, 0.717) is 0 Å². The van der Waals surface area contributed by atoms with Gasteiger partial charge in [0.05, 0.1) is 0 Å². The molecule has 1 aromatic carbocycles. The topological polar surface area (TPSA) is 12.9 Å².